The van der Waals surface area contributed by atoms with Crippen molar-refractivity contribution in [2.75, 3.05) is 26.2 Å². The zero-order valence-corrected chi connectivity index (χ0v) is 11.2. The predicted octanol–water partition coefficient (Wildman–Crippen LogP) is 0.896. The van der Waals surface area contributed by atoms with E-state index in [1.165, 1.54) is 0 Å². The van der Waals surface area contributed by atoms with Crippen LogP contribution < -0.4 is 5.73 Å². The van der Waals surface area contributed by atoms with Gasteiger partial charge in [0.05, 0.1) is 19.3 Å². The molecule has 1 unspecified atom stereocenters. The van der Waals surface area contributed by atoms with E-state index in [0.29, 0.717) is 31.4 Å². The summed E-state index contributed by atoms with van der Waals surface area (Å²) in [6.07, 6.45) is 0.0975. The minimum Gasteiger partial charge on any atom is -0.374 e. The molecule has 20 heavy (non-hydrogen) atoms. The van der Waals surface area contributed by atoms with Crippen LogP contribution in [0.4, 0.5) is 0 Å². The third-order valence-corrected chi connectivity index (χ3v) is 3.34. The Kier molecular flexibility index (Phi) is 4.05. The fourth-order valence-corrected chi connectivity index (χ4v) is 2.28. The Morgan fingerprint density at radius 3 is 2.95 bits per heavy atom. The molecule has 1 saturated heterocycles. The van der Waals surface area contributed by atoms with Gasteiger partial charge in [0.15, 0.2) is 0 Å². The van der Waals surface area contributed by atoms with Crippen molar-refractivity contribution in [2.45, 2.75) is 12.6 Å². The Balaban J connectivity index is 1.65. The van der Waals surface area contributed by atoms with Crippen LogP contribution in [0, 0.1) is 0 Å². The smallest absolute Gasteiger partial charge is 0.241 e. The first-order valence-electron chi connectivity index (χ1n) is 6.77. The first-order valence-corrected chi connectivity index (χ1v) is 6.77. The highest BCUT2D eigenvalue weighted by molar-refractivity contribution is 5.53. The lowest BCUT2D eigenvalue weighted by Gasteiger charge is -2.31. The third-order valence-electron chi connectivity index (χ3n) is 3.34. The molecule has 0 saturated carbocycles. The zero-order valence-electron chi connectivity index (χ0n) is 11.2. The number of rotatable bonds is 4. The second-order valence-corrected chi connectivity index (χ2v) is 4.84. The maximum atomic E-state index is 5.64. The largest absolute Gasteiger partial charge is 0.374 e. The van der Waals surface area contributed by atoms with Gasteiger partial charge < -0.3 is 15.0 Å². The minimum absolute atomic E-state index is 0.0975. The van der Waals surface area contributed by atoms with Gasteiger partial charge in [-0.3, -0.25) is 4.90 Å². The molecule has 0 radical (unpaired) electrons. The average molecular weight is 274 g/mol. The topological polar surface area (TPSA) is 77.4 Å². The van der Waals surface area contributed by atoms with Crippen LogP contribution in [0.25, 0.3) is 11.4 Å². The summed E-state index contributed by atoms with van der Waals surface area (Å²) in [5.41, 5.74) is 6.60. The fourth-order valence-electron chi connectivity index (χ4n) is 2.28. The number of benzene rings is 1. The first-order chi connectivity index (χ1) is 9.85. The van der Waals surface area contributed by atoms with Crippen LogP contribution in [-0.4, -0.2) is 47.4 Å². The van der Waals surface area contributed by atoms with E-state index in [9.17, 15) is 0 Å². The molecule has 2 aromatic rings. The van der Waals surface area contributed by atoms with Crippen molar-refractivity contribution in [3.05, 3.63) is 36.2 Å². The number of ether oxygens (including phenoxy) is 1. The van der Waals surface area contributed by atoms with Crippen molar-refractivity contribution in [3.8, 4) is 11.4 Å². The fraction of sp³-hybridized carbons (Fsp3) is 0.429. The monoisotopic (exact) mass is 274 g/mol. The summed E-state index contributed by atoms with van der Waals surface area (Å²) in [5.74, 6) is 1.26. The molecular weight excluding hydrogens is 256 g/mol. The lowest BCUT2D eigenvalue weighted by atomic mass is 10.2. The van der Waals surface area contributed by atoms with E-state index in [-0.39, 0.29) is 6.10 Å². The van der Waals surface area contributed by atoms with Crippen LogP contribution in [0.5, 0.6) is 0 Å². The Morgan fingerprint density at radius 2 is 2.15 bits per heavy atom. The van der Waals surface area contributed by atoms with E-state index in [1.807, 2.05) is 30.3 Å². The van der Waals surface area contributed by atoms with Crippen molar-refractivity contribution in [3.63, 3.8) is 0 Å². The molecular formula is C14H18N4O2. The van der Waals surface area contributed by atoms with Crippen LogP contribution >= 0.6 is 0 Å². The maximum Gasteiger partial charge on any atom is 0.241 e. The van der Waals surface area contributed by atoms with Crippen LogP contribution in [-0.2, 0) is 11.3 Å². The number of hydrogen-bond donors (Lipinski definition) is 1. The number of nitrogens with two attached hydrogens (primary N) is 1. The summed E-state index contributed by atoms with van der Waals surface area (Å²) in [6, 6.07) is 9.81. The summed E-state index contributed by atoms with van der Waals surface area (Å²) < 4.78 is 10.9. The van der Waals surface area contributed by atoms with Gasteiger partial charge in [-0.1, -0.05) is 35.5 Å². The van der Waals surface area contributed by atoms with E-state index in [0.717, 1.165) is 18.7 Å². The molecule has 2 heterocycles. The normalized spacial score (nSPS) is 20.1. The Morgan fingerprint density at radius 1 is 1.30 bits per heavy atom. The van der Waals surface area contributed by atoms with E-state index in [2.05, 4.69) is 15.0 Å². The molecule has 1 atom stereocenters. The summed E-state index contributed by atoms with van der Waals surface area (Å²) in [7, 11) is 0. The van der Waals surface area contributed by atoms with Gasteiger partial charge in [-0.25, -0.2) is 0 Å². The molecule has 0 amide bonds. The van der Waals surface area contributed by atoms with Crippen molar-refractivity contribution >= 4 is 0 Å². The molecule has 1 aromatic carbocycles. The van der Waals surface area contributed by atoms with E-state index in [1.54, 1.807) is 0 Å². The molecule has 1 aliphatic heterocycles. The molecule has 6 nitrogen and oxygen atoms in total. The summed E-state index contributed by atoms with van der Waals surface area (Å²) in [6.45, 7) is 3.54. The van der Waals surface area contributed by atoms with E-state index < -0.39 is 0 Å². The lowest BCUT2D eigenvalue weighted by Crippen LogP contribution is -2.45. The maximum absolute atomic E-state index is 5.64. The molecule has 1 fully saturated rings. The molecule has 1 aromatic heterocycles. The molecule has 0 aliphatic carbocycles. The third kappa shape index (κ3) is 3.04. The van der Waals surface area contributed by atoms with E-state index >= 15 is 0 Å². The number of aromatic nitrogens is 2. The molecule has 0 spiro atoms. The van der Waals surface area contributed by atoms with Crippen molar-refractivity contribution in [1.29, 1.82) is 0 Å². The molecule has 1 aliphatic rings. The summed E-state index contributed by atoms with van der Waals surface area (Å²) in [4.78, 5) is 6.66. The van der Waals surface area contributed by atoms with Gasteiger partial charge in [-0.05, 0) is 0 Å². The summed E-state index contributed by atoms with van der Waals surface area (Å²) >= 11 is 0. The van der Waals surface area contributed by atoms with Crippen molar-refractivity contribution in [1.82, 2.24) is 15.0 Å². The molecule has 6 heteroatoms. The second kappa shape index (κ2) is 6.13. The average Bonchev–Trinajstić information content (AvgIpc) is 2.97. The first kappa shape index (κ1) is 13.2. The lowest BCUT2D eigenvalue weighted by molar-refractivity contribution is -0.0288. The number of nitrogens with zero attached hydrogens (tertiary/aromatic N) is 3. The van der Waals surface area contributed by atoms with Crippen LogP contribution in [0.1, 0.15) is 5.89 Å². The van der Waals surface area contributed by atoms with Gasteiger partial charge in [0, 0.05) is 25.2 Å². The van der Waals surface area contributed by atoms with Gasteiger partial charge in [-0.2, -0.15) is 4.98 Å². The van der Waals surface area contributed by atoms with Crippen LogP contribution in [0.2, 0.25) is 0 Å². The Bertz CT molecular complexity index is 543. The van der Waals surface area contributed by atoms with Gasteiger partial charge in [0.2, 0.25) is 11.7 Å². The van der Waals surface area contributed by atoms with Gasteiger partial charge in [0.1, 0.15) is 0 Å². The summed E-state index contributed by atoms with van der Waals surface area (Å²) in [5, 5.41) is 4.02. The highest BCUT2D eigenvalue weighted by Crippen LogP contribution is 2.16. The Hall–Kier alpha value is -1.76. The van der Waals surface area contributed by atoms with Crippen molar-refractivity contribution < 1.29 is 9.26 Å². The molecule has 3 rings (SSSR count). The zero-order chi connectivity index (χ0) is 13.8. The second-order valence-electron chi connectivity index (χ2n) is 4.84. The van der Waals surface area contributed by atoms with Gasteiger partial charge in [0.25, 0.3) is 0 Å². The standard InChI is InChI=1S/C14H18N4O2/c15-8-12-9-18(6-7-19-12)10-13-16-14(17-20-13)11-4-2-1-3-5-11/h1-5,12H,6-10,15H2. The predicted molar refractivity (Wildman–Crippen MR) is 73.8 cm³/mol. The van der Waals surface area contributed by atoms with Gasteiger partial charge >= 0.3 is 0 Å². The molecule has 106 valence electrons. The minimum atomic E-state index is 0.0975. The number of hydrogen-bond acceptors (Lipinski definition) is 6. The molecule has 2 N–H and O–H groups in total. The van der Waals surface area contributed by atoms with E-state index in [4.69, 9.17) is 15.0 Å². The SMILES string of the molecule is NCC1CN(Cc2nc(-c3ccccc3)no2)CCO1. The quantitative estimate of drug-likeness (QED) is 0.892. The van der Waals surface area contributed by atoms with Crippen molar-refractivity contribution in [2.24, 2.45) is 5.73 Å². The molecule has 0 bridgehead atoms. The van der Waals surface area contributed by atoms with Crippen LogP contribution in [0.15, 0.2) is 34.9 Å². The highest BCUT2D eigenvalue weighted by Gasteiger charge is 2.21. The van der Waals surface area contributed by atoms with Crippen LogP contribution in [0.3, 0.4) is 0 Å². The highest BCUT2D eigenvalue weighted by atomic mass is 16.5. The number of morpholine rings is 1. The van der Waals surface area contributed by atoms with Gasteiger partial charge in [-0.15, -0.1) is 0 Å². The Labute approximate surface area is 117 Å².